The average molecular weight is 452 g/mol. The highest BCUT2D eigenvalue weighted by molar-refractivity contribution is 7.19. The van der Waals surface area contributed by atoms with Gasteiger partial charge in [-0.05, 0) is 41.3 Å². The molecule has 0 atom stereocenters. The summed E-state index contributed by atoms with van der Waals surface area (Å²) in [6.45, 7) is 1.73. The van der Waals surface area contributed by atoms with Crippen molar-refractivity contribution in [3.8, 4) is 0 Å². The standard InChI is InChI=1S/C22H18ClN5O2S/c23-15-3-2-14-8-16(31-19(14)9-15)11-28-6-5-27(21(29)22(28)30)10-13-1-4-17-18(7-13)25-12-26-20(17)24/h1-4,7-9,12H,5-6,10-11H2,(H2,24,25,26). The first-order valence-corrected chi connectivity index (χ1v) is 10.9. The van der Waals surface area contributed by atoms with E-state index in [9.17, 15) is 9.59 Å². The van der Waals surface area contributed by atoms with Gasteiger partial charge in [0.1, 0.15) is 12.1 Å². The molecule has 0 spiro atoms. The lowest BCUT2D eigenvalue weighted by molar-refractivity contribution is -0.156. The van der Waals surface area contributed by atoms with Crippen LogP contribution in [0.1, 0.15) is 10.4 Å². The molecule has 1 saturated heterocycles. The van der Waals surface area contributed by atoms with Gasteiger partial charge in [0.15, 0.2) is 0 Å². The summed E-state index contributed by atoms with van der Waals surface area (Å²) in [5, 5.41) is 2.54. The number of halogens is 1. The highest BCUT2D eigenvalue weighted by atomic mass is 35.5. The average Bonchev–Trinajstić information content (AvgIpc) is 3.15. The number of carbonyl (C=O) groups excluding carboxylic acids is 2. The fraction of sp³-hybridized carbons (Fsp3) is 0.182. The van der Waals surface area contributed by atoms with E-state index in [0.717, 1.165) is 25.9 Å². The number of anilines is 1. The van der Waals surface area contributed by atoms with Gasteiger partial charge in [0.2, 0.25) is 0 Å². The number of amides is 2. The van der Waals surface area contributed by atoms with E-state index in [1.165, 1.54) is 6.33 Å². The Morgan fingerprint density at radius 1 is 0.968 bits per heavy atom. The second kappa shape index (κ2) is 7.79. The molecule has 5 rings (SSSR count). The smallest absolute Gasteiger partial charge is 0.312 e. The van der Waals surface area contributed by atoms with Gasteiger partial charge >= 0.3 is 11.8 Å². The molecule has 1 fully saturated rings. The third kappa shape index (κ3) is 3.80. The Balaban J connectivity index is 1.29. The lowest BCUT2D eigenvalue weighted by Gasteiger charge is -2.33. The van der Waals surface area contributed by atoms with Crippen molar-refractivity contribution >= 4 is 61.6 Å². The van der Waals surface area contributed by atoms with Crippen molar-refractivity contribution in [1.29, 1.82) is 0 Å². The molecule has 3 heterocycles. The molecule has 0 aliphatic carbocycles. The Labute approximate surface area is 187 Å². The number of nitrogen functional groups attached to an aromatic ring is 1. The predicted molar refractivity (Wildman–Crippen MR) is 122 cm³/mol. The van der Waals surface area contributed by atoms with E-state index >= 15 is 0 Å². The molecule has 0 unspecified atom stereocenters. The Bertz CT molecular complexity index is 1340. The van der Waals surface area contributed by atoms with Crippen molar-refractivity contribution in [2.45, 2.75) is 13.1 Å². The van der Waals surface area contributed by atoms with Crippen molar-refractivity contribution in [1.82, 2.24) is 19.8 Å². The number of hydrogen-bond donors (Lipinski definition) is 1. The number of hydrogen-bond acceptors (Lipinski definition) is 6. The molecule has 0 radical (unpaired) electrons. The van der Waals surface area contributed by atoms with Crippen molar-refractivity contribution < 1.29 is 9.59 Å². The van der Waals surface area contributed by atoms with Gasteiger partial charge in [-0.1, -0.05) is 23.7 Å². The van der Waals surface area contributed by atoms with E-state index in [4.69, 9.17) is 17.3 Å². The molecule has 31 heavy (non-hydrogen) atoms. The molecule has 9 heteroatoms. The van der Waals surface area contributed by atoms with E-state index in [2.05, 4.69) is 9.97 Å². The summed E-state index contributed by atoms with van der Waals surface area (Å²) >= 11 is 7.65. The van der Waals surface area contributed by atoms with Gasteiger partial charge in [-0.15, -0.1) is 11.3 Å². The van der Waals surface area contributed by atoms with Crippen molar-refractivity contribution in [3.05, 3.63) is 64.3 Å². The van der Waals surface area contributed by atoms with E-state index in [-0.39, 0.29) is 0 Å². The second-order valence-electron chi connectivity index (χ2n) is 7.46. The molecule has 2 aromatic heterocycles. The zero-order valence-corrected chi connectivity index (χ0v) is 18.0. The quantitative estimate of drug-likeness (QED) is 0.480. The zero-order valence-electron chi connectivity index (χ0n) is 16.4. The van der Waals surface area contributed by atoms with E-state index in [1.54, 1.807) is 21.1 Å². The molecule has 0 bridgehead atoms. The number of benzene rings is 2. The van der Waals surface area contributed by atoms with Crippen LogP contribution in [-0.2, 0) is 22.7 Å². The number of carbonyl (C=O) groups is 2. The third-order valence-corrected chi connectivity index (χ3v) is 6.70. The number of piperazine rings is 1. The van der Waals surface area contributed by atoms with Crippen LogP contribution in [0, 0.1) is 0 Å². The Morgan fingerprint density at radius 3 is 2.55 bits per heavy atom. The molecule has 2 amide bonds. The number of rotatable bonds is 4. The number of fused-ring (bicyclic) bond motifs is 2. The maximum Gasteiger partial charge on any atom is 0.312 e. The number of nitrogens with zero attached hydrogens (tertiary/aromatic N) is 4. The van der Waals surface area contributed by atoms with Crippen LogP contribution in [0.25, 0.3) is 21.0 Å². The van der Waals surface area contributed by atoms with Crippen LogP contribution >= 0.6 is 22.9 Å². The maximum atomic E-state index is 12.7. The lowest BCUT2D eigenvalue weighted by Crippen LogP contribution is -2.53. The summed E-state index contributed by atoms with van der Waals surface area (Å²) < 4.78 is 1.07. The normalized spacial score (nSPS) is 14.7. The number of nitrogens with two attached hydrogens (primary N) is 1. The van der Waals surface area contributed by atoms with Gasteiger partial charge in [-0.3, -0.25) is 9.59 Å². The zero-order chi connectivity index (χ0) is 21.5. The first-order valence-electron chi connectivity index (χ1n) is 9.73. The number of aromatic nitrogens is 2. The molecule has 2 N–H and O–H groups in total. The van der Waals surface area contributed by atoms with Crippen LogP contribution in [0.15, 0.2) is 48.8 Å². The number of thiophene rings is 1. The van der Waals surface area contributed by atoms with Gasteiger partial charge in [0.05, 0.1) is 12.1 Å². The van der Waals surface area contributed by atoms with E-state index in [0.29, 0.717) is 42.5 Å². The summed E-state index contributed by atoms with van der Waals surface area (Å²) in [7, 11) is 0. The molecular weight excluding hydrogens is 434 g/mol. The fourth-order valence-corrected chi connectivity index (χ4v) is 5.14. The lowest BCUT2D eigenvalue weighted by atomic mass is 10.1. The van der Waals surface area contributed by atoms with Crippen LogP contribution in [0.4, 0.5) is 5.82 Å². The molecule has 4 aromatic rings. The van der Waals surface area contributed by atoms with Gasteiger partial charge in [-0.25, -0.2) is 9.97 Å². The van der Waals surface area contributed by atoms with Crippen LogP contribution in [0.3, 0.4) is 0 Å². The highest BCUT2D eigenvalue weighted by Crippen LogP contribution is 2.29. The van der Waals surface area contributed by atoms with Gasteiger partial charge in [-0.2, -0.15) is 0 Å². The third-order valence-electron chi connectivity index (χ3n) is 5.38. The highest BCUT2D eigenvalue weighted by Gasteiger charge is 2.32. The maximum absolute atomic E-state index is 12.7. The Hall–Kier alpha value is -3.23. The predicted octanol–water partition coefficient (Wildman–Crippen LogP) is 3.45. The Kier molecular flexibility index (Phi) is 4.95. The molecule has 2 aromatic carbocycles. The molecule has 0 saturated carbocycles. The summed E-state index contributed by atoms with van der Waals surface area (Å²) in [4.78, 5) is 37.9. The van der Waals surface area contributed by atoms with Crippen LogP contribution < -0.4 is 5.73 Å². The first kappa shape index (κ1) is 19.7. The molecule has 1 aliphatic heterocycles. The summed E-state index contributed by atoms with van der Waals surface area (Å²) in [6, 6.07) is 13.4. The van der Waals surface area contributed by atoms with Crippen molar-refractivity contribution in [3.63, 3.8) is 0 Å². The van der Waals surface area contributed by atoms with Gasteiger partial charge in [0, 0.05) is 39.6 Å². The largest absolute Gasteiger partial charge is 0.383 e. The topological polar surface area (TPSA) is 92.4 Å². The molecule has 1 aliphatic rings. The van der Waals surface area contributed by atoms with Gasteiger partial charge in [0.25, 0.3) is 0 Å². The van der Waals surface area contributed by atoms with E-state index in [1.807, 2.05) is 42.5 Å². The fourth-order valence-electron chi connectivity index (χ4n) is 3.78. The van der Waals surface area contributed by atoms with Gasteiger partial charge < -0.3 is 15.5 Å². The summed E-state index contributed by atoms with van der Waals surface area (Å²) in [6.07, 6.45) is 1.41. The minimum absolute atomic E-state index is 0.347. The second-order valence-corrected chi connectivity index (χ2v) is 9.06. The monoisotopic (exact) mass is 451 g/mol. The molecule has 7 nitrogen and oxygen atoms in total. The van der Waals surface area contributed by atoms with Crippen molar-refractivity contribution in [2.75, 3.05) is 18.8 Å². The minimum atomic E-state index is -0.488. The SMILES string of the molecule is Nc1ncnc2cc(CN3CCN(Cc4cc5ccc(Cl)cc5s4)C(=O)C3=O)ccc12. The van der Waals surface area contributed by atoms with Crippen LogP contribution in [0.5, 0.6) is 0 Å². The minimum Gasteiger partial charge on any atom is -0.383 e. The summed E-state index contributed by atoms with van der Waals surface area (Å²) in [5.74, 6) is -0.549. The van der Waals surface area contributed by atoms with Crippen LogP contribution in [0.2, 0.25) is 5.02 Å². The van der Waals surface area contributed by atoms with Crippen molar-refractivity contribution in [2.24, 2.45) is 0 Å². The first-order chi connectivity index (χ1) is 15.0. The molecule has 156 valence electrons. The molecular formula is C22H18ClN5O2S. The Morgan fingerprint density at radius 2 is 1.74 bits per heavy atom. The van der Waals surface area contributed by atoms with E-state index < -0.39 is 11.8 Å². The summed E-state index contributed by atoms with van der Waals surface area (Å²) in [5.41, 5.74) is 7.48. The van der Waals surface area contributed by atoms with Crippen LogP contribution in [-0.4, -0.2) is 44.7 Å².